The van der Waals surface area contributed by atoms with Crippen LogP contribution in [-0.4, -0.2) is 30.5 Å². The van der Waals surface area contributed by atoms with Crippen LogP contribution in [0.25, 0.3) is 0 Å². The molecule has 0 aromatic heterocycles. The smallest absolute Gasteiger partial charge is 0.292 e. The number of nitro groups is 1. The molecule has 1 aromatic carbocycles. The number of nitrogens with one attached hydrogen (secondary N) is 2. The van der Waals surface area contributed by atoms with Gasteiger partial charge < -0.3 is 16.4 Å². The van der Waals surface area contributed by atoms with Gasteiger partial charge in [0.05, 0.1) is 4.92 Å². The van der Waals surface area contributed by atoms with Gasteiger partial charge in [-0.3, -0.25) is 14.9 Å². The van der Waals surface area contributed by atoms with E-state index in [1.165, 1.54) is 18.2 Å². The van der Waals surface area contributed by atoms with Gasteiger partial charge in [0, 0.05) is 24.7 Å². The Morgan fingerprint density at radius 3 is 2.75 bits per heavy atom. The van der Waals surface area contributed by atoms with E-state index in [1.807, 2.05) is 6.92 Å². The molecule has 0 bridgehead atoms. The van der Waals surface area contributed by atoms with Crippen LogP contribution in [0.2, 0.25) is 0 Å². The highest BCUT2D eigenvalue weighted by Crippen LogP contribution is 2.25. The van der Waals surface area contributed by atoms with Gasteiger partial charge in [0.25, 0.3) is 11.6 Å². The van der Waals surface area contributed by atoms with Crippen molar-refractivity contribution in [3.8, 4) is 0 Å². The molecule has 20 heavy (non-hydrogen) atoms. The summed E-state index contributed by atoms with van der Waals surface area (Å²) in [6.45, 7) is 3.49. The maximum absolute atomic E-state index is 11.7. The number of hydrogen-bond acceptors (Lipinski definition) is 5. The van der Waals surface area contributed by atoms with E-state index < -0.39 is 4.92 Å². The van der Waals surface area contributed by atoms with Gasteiger partial charge in [0.2, 0.25) is 0 Å². The van der Waals surface area contributed by atoms with Gasteiger partial charge in [-0.15, -0.1) is 0 Å². The van der Waals surface area contributed by atoms with E-state index in [4.69, 9.17) is 5.73 Å². The number of rotatable bonds is 8. The fraction of sp³-hybridized carbons (Fsp3) is 0.462. The molecule has 1 aromatic rings. The van der Waals surface area contributed by atoms with Gasteiger partial charge in [0.1, 0.15) is 5.69 Å². The number of amides is 1. The van der Waals surface area contributed by atoms with Crippen molar-refractivity contribution in [3.63, 3.8) is 0 Å². The van der Waals surface area contributed by atoms with Crippen LogP contribution < -0.4 is 16.4 Å². The van der Waals surface area contributed by atoms with Crippen molar-refractivity contribution in [2.24, 2.45) is 5.73 Å². The summed E-state index contributed by atoms with van der Waals surface area (Å²) in [6, 6.07) is 4.30. The first-order valence-corrected chi connectivity index (χ1v) is 6.60. The number of carbonyl (C=O) groups is 1. The van der Waals surface area contributed by atoms with E-state index in [1.54, 1.807) is 0 Å². The van der Waals surface area contributed by atoms with Crippen molar-refractivity contribution in [2.45, 2.75) is 19.8 Å². The molecule has 0 fully saturated rings. The zero-order valence-corrected chi connectivity index (χ0v) is 11.5. The van der Waals surface area contributed by atoms with E-state index in [9.17, 15) is 14.9 Å². The van der Waals surface area contributed by atoms with E-state index in [0.29, 0.717) is 30.9 Å². The van der Waals surface area contributed by atoms with Crippen LogP contribution in [-0.2, 0) is 0 Å². The molecule has 1 rings (SSSR count). The number of nitrogens with two attached hydrogens (primary N) is 1. The lowest BCUT2D eigenvalue weighted by Crippen LogP contribution is -2.22. The molecule has 7 heteroatoms. The van der Waals surface area contributed by atoms with E-state index in [2.05, 4.69) is 10.6 Å². The third kappa shape index (κ3) is 4.51. The topological polar surface area (TPSA) is 110 Å². The quantitative estimate of drug-likeness (QED) is 0.379. The minimum absolute atomic E-state index is 0.0363. The molecular formula is C13H20N4O3. The van der Waals surface area contributed by atoms with Gasteiger partial charge in [-0.05, 0) is 38.4 Å². The molecule has 0 aliphatic heterocycles. The number of unbranched alkanes of at least 4 members (excludes halogenated alkanes) is 1. The Hall–Kier alpha value is -2.15. The van der Waals surface area contributed by atoms with Crippen molar-refractivity contribution in [3.05, 3.63) is 33.9 Å². The summed E-state index contributed by atoms with van der Waals surface area (Å²) in [5.41, 5.74) is 6.12. The summed E-state index contributed by atoms with van der Waals surface area (Å²) in [4.78, 5) is 22.2. The van der Waals surface area contributed by atoms with Crippen molar-refractivity contribution < 1.29 is 9.72 Å². The number of nitrogens with zero attached hydrogens (tertiary/aromatic N) is 1. The first kappa shape index (κ1) is 15.9. The molecule has 7 nitrogen and oxygen atoms in total. The highest BCUT2D eigenvalue weighted by Gasteiger charge is 2.16. The Labute approximate surface area is 117 Å². The van der Waals surface area contributed by atoms with Crippen molar-refractivity contribution in [1.82, 2.24) is 5.32 Å². The summed E-state index contributed by atoms with van der Waals surface area (Å²) in [6.07, 6.45) is 1.66. The maximum atomic E-state index is 11.7. The average molecular weight is 280 g/mol. The van der Waals surface area contributed by atoms with Crippen molar-refractivity contribution in [2.75, 3.05) is 25.0 Å². The van der Waals surface area contributed by atoms with Crippen LogP contribution in [0.3, 0.4) is 0 Å². The van der Waals surface area contributed by atoms with Crippen LogP contribution in [0.1, 0.15) is 30.1 Å². The highest BCUT2D eigenvalue weighted by atomic mass is 16.6. The number of hydrogen-bond donors (Lipinski definition) is 3. The first-order valence-electron chi connectivity index (χ1n) is 6.60. The van der Waals surface area contributed by atoms with Crippen LogP contribution in [0, 0.1) is 10.1 Å². The molecular weight excluding hydrogens is 260 g/mol. The van der Waals surface area contributed by atoms with Gasteiger partial charge in [-0.1, -0.05) is 0 Å². The fourth-order valence-corrected chi connectivity index (χ4v) is 1.73. The lowest BCUT2D eigenvalue weighted by atomic mass is 10.1. The van der Waals surface area contributed by atoms with Crippen LogP contribution in [0.4, 0.5) is 11.4 Å². The first-order chi connectivity index (χ1) is 9.60. The molecule has 0 radical (unpaired) electrons. The molecule has 1 amide bonds. The minimum Gasteiger partial charge on any atom is -0.379 e. The summed E-state index contributed by atoms with van der Waals surface area (Å²) >= 11 is 0. The van der Waals surface area contributed by atoms with Crippen molar-refractivity contribution >= 4 is 17.3 Å². The fourth-order valence-electron chi connectivity index (χ4n) is 1.73. The van der Waals surface area contributed by atoms with E-state index >= 15 is 0 Å². The molecule has 0 atom stereocenters. The number of benzene rings is 1. The number of anilines is 1. The van der Waals surface area contributed by atoms with Crippen LogP contribution >= 0.6 is 0 Å². The second-order valence-corrected chi connectivity index (χ2v) is 4.27. The normalized spacial score (nSPS) is 10.1. The van der Waals surface area contributed by atoms with E-state index in [0.717, 1.165) is 12.8 Å². The maximum Gasteiger partial charge on any atom is 0.292 e. The standard InChI is InChI=1S/C13H20N4O3/c1-2-15-13(18)10-5-6-12(17(19)20)11(9-10)16-8-4-3-7-14/h5-6,9,16H,2-4,7-8,14H2,1H3,(H,15,18). The Morgan fingerprint density at radius 1 is 1.40 bits per heavy atom. The van der Waals surface area contributed by atoms with Gasteiger partial charge >= 0.3 is 0 Å². The molecule has 0 saturated carbocycles. The molecule has 0 aliphatic rings. The monoisotopic (exact) mass is 280 g/mol. The Morgan fingerprint density at radius 2 is 2.15 bits per heavy atom. The summed E-state index contributed by atoms with van der Waals surface area (Å²) in [5.74, 6) is -0.243. The largest absolute Gasteiger partial charge is 0.379 e. The highest BCUT2D eigenvalue weighted by molar-refractivity contribution is 5.95. The van der Waals surface area contributed by atoms with Gasteiger partial charge in [0.15, 0.2) is 0 Å². The summed E-state index contributed by atoms with van der Waals surface area (Å²) in [5, 5.41) is 16.6. The van der Waals surface area contributed by atoms with Crippen molar-refractivity contribution in [1.29, 1.82) is 0 Å². The predicted molar refractivity (Wildman–Crippen MR) is 77.9 cm³/mol. The second-order valence-electron chi connectivity index (χ2n) is 4.27. The number of carbonyl (C=O) groups excluding carboxylic acids is 1. The number of nitro benzene ring substituents is 1. The molecule has 0 spiro atoms. The van der Waals surface area contributed by atoms with E-state index in [-0.39, 0.29) is 11.6 Å². The van der Waals surface area contributed by atoms with Gasteiger partial charge in [-0.2, -0.15) is 0 Å². The third-order valence-electron chi connectivity index (χ3n) is 2.74. The van der Waals surface area contributed by atoms with Crippen LogP contribution in [0.5, 0.6) is 0 Å². The summed E-state index contributed by atoms with van der Waals surface area (Å²) in [7, 11) is 0. The molecule has 0 saturated heterocycles. The molecule has 0 heterocycles. The molecule has 0 aliphatic carbocycles. The Kier molecular flexibility index (Phi) is 6.45. The van der Waals surface area contributed by atoms with Gasteiger partial charge in [-0.25, -0.2) is 0 Å². The SMILES string of the molecule is CCNC(=O)c1ccc([N+](=O)[O-])c(NCCCCN)c1. The lowest BCUT2D eigenvalue weighted by molar-refractivity contribution is -0.384. The van der Waals surface area contributed by atoms with Crippen LogP contribution in [0.15, 0.2) is 18.2 Å². The minimum atomic E-state index is -0.466. The third-order valence-corrected chi connectivity index (χ3v) is 2.74. The molecule has 110 valence electrons. The molecule has 4 N–H and O–H groups in total. The summed E-state index contributed by atoms with van der Waals surface area (Å²) < 4.78 is 0. The predicted octanol–water partition coefficient (Wildman–Crippen LogP) is 1.50. The Bertz CT molecular complexity index is 477. The molecule has 0 unspecified atom stereocenters. The lowest BCUT2D eigenvalue weighted by Gasteiger charge is -2.09. The average Bonchev–Trinajstić information content (AvgIpc) is 2.43. The Balaban J connectivity index is 2.88. The zero-order valence-electron chi connectivity index (χ0n) is 11.5. The zero-order chi connectivity index (χ0) is 15.0. The second kappa shape index (κ2) is 8.11.